The van der Waals surface area contributed by atoms with Crippen molar-refractivity contribution in [3.8, 4) is 0 Å². The van der Waals surface area contributed by atoms with E-state index in [0.717, 1.165) is 23.8 Å². The highest BCUT2D eigenvalue weighted by atomic mass is 35.5. The van der Waals surface area contributed by atoms with Gasteiger partial charge >= 0.3 is 0 Å². The summed E-state index contributed by atoms with van der Waals surface area (Å²) in [5, 5.41) is 3.26. The van der Waals surface area contributed by atoms with Gasteiger partial charge in [-0.25, -0.2) is 8.78 Å². The minimum absolute atomic E-state index is 0.237. The summed E-state index contributed by atoms with van der Waals surface area (Å²) in [5.74, 6) is -2.03. The number of amides is 1. The third-order valence-corrected chi connectivity index (χ3v) is 3.22. The topological polar surface area (TPSA) is 29.1 Å². The highest BCUT2D eigenvalue weighted by molar-refractivity contribution is 6.30. The standard InChI is InChI=1S/C16H14ClF2NO/c1-10(7-11-3-2-4-12(17)8-11)20-16(21)14-9-13(18)5-6-15(14)19/h2-6,8-10H,7H2,1H3,(H,20,21)/t10-/m1/s1. The number of carbonyl (C=O) groups excluding carboxylic acids is 1. The molecule has 1 atom stereocenters. The van der Waals surface area contributed by atoms with Crippen LogP contribution in [0.3, 0.4) is 0 Å². The van der Waals surface area contributed by atoms with Crippen molar-refractivity contribution in [1.29, 1.82) is 0 Å². The van der Waals surface area contributed by atoms with Gasteiger partial charge in [0.1, 0.15) is 11.6 Å². The van der Waals surface area contributed by atoms with Gasteiger partial charge in [-0.2, -0.15) is 0 Å². The zero-order valence-corrected chi connectivity index (χ0v) is 12.1. The molecule has 5 heteroatoms. The highest BCUT2D eigenvalue weighted by Gasteiger charge is 2.15. The van der Waals surface area contributed by atoms with Crippen LogP contribution >= 0.6 is 11.6 Å². The van der Waals surface area contributed by atoms with Crippen molar-refractivity contribution in [2.24, 2.45) is 0 Å². The Balaban J connectivity index is 2.03. The first-order chi connectivity index (χ1) is 9.95. The normalized spacial score (nSPS) is 12.0. The summed E-state index contributed by atoms with van der Waals surface area (Å²) < 4.78 is 26.6. The van der Waals surface area contributed by atoms with Crippen LogP contribution in [0.2, 0.25) is 5.02 Å². The number of nitrogens with one attached hydrogen (secondary N) is 1. The van der Waals surface area contributed by atoms with Gasteiger partial charge in [-0.05, 0) is 49.2 Å². The van der Waals surface area contributed by atoms with E-state index < -0.39 is 17.5 Å². The molecule has 0 aromatic heterocycles. The molecule has 0 heterocycles. The largest absolute Gasteiger partial charge is 0.349 e. The number of benzene rings is 2. The molecule has 21 heavy (non-hydrogen) atoms. The van der Waals surface area contributed by atoms with E-state index in [0.29, 0.717) is 11.4 Å². The molecule has 0 unspecified atom stereocenters. The fourth-order valence-electron chi connectivity index (χ4n) is 2.04. The van der Waals surface area contributed by atoms with Crippen molar-refractivity contribution in [3.63, 3.8) is 0 Å². The Bertz CT molecular complexity index is 660. The lowest BCUT2D eigenvalue weighted by molar-refractivity contribution is 0.0935. The number of carbonyl (C=O) groups is 1. The minimum atomic E-state index is -0.746. The first kappa shape index (κ1) is 15.4. The lowest BCUT2D eigenvalue weighted by Crippen LogP contribution is -2.34. The van der Waals surface area contributed by atoms with Crippen LogP contribution < -0.4 is 5.32 Å². The third-order valence-electron chi connectivity index (χ3n) is 2.98. The van der Waals surface area contributed by atoms with Gasteiger partial charge in [-0.1, -0.05) is 23.7 Å². The fourth-order valence-corrected chi connectivity index (χ4v) is 2.25. The number of halogens is 3. The molecule has 0 bridgehead atoms. The van der Waals surface area contributed by atoms with E-state index in [2.05, 4.69) is 5.32 Å². The second kappa shape index (κ2) is 6.68. The van der Waals surface area contributed by atoms with Gasteiger partial charge in [-0.15, -0.1) is 0 Å². The van der Waals surface area contributed by atoms with Crippen molar-refractivity contribution in [2.45, 2.75) is 19.4 Å². The number of hydrogen-bond donors (Lipinski definition) is 1. The monoisotopic (exact) mass is 309 g/mol. The minimum Gasteiger partial charge on any atom is -0.349 e. The second-order valence-corrected chi connectivity index (χ2v) is 5.27. The first-order valence-corrected chi connectivity index (χ1v) is 6.84. The Hall–Kier alpha value is -1.94. The summed E-state index contributed by atoms with van der Waals surface area (Å²) in [6.45, 7) is 1.79. The van der Waals surface area contributed by atoms with Crippen LogP contribution in [0.1, 0.15) is 22.8 Å². The van der Waals surface area contributed by atoms with Crippen molar-refractivity contribution >= 4 is 17.5 Å². The quantitative estimate of drug-likeness (QED) is 0.909. The van der Waals surface area contributed by atoms with Crippen molar-refractivity contribution < 1.29 is 13.6 Å². The molecular weight excluding hydrogens is 296 g/mol. The van der Waals surface area contributed by atoms with Gasteiger partial charge < -0.3 is 5.32 Å². The predicted molar refractivity (Wildman–Crippen MR) is 78.4 cm³/mol. The molecule has 0 saturated heterocycles. The molecule has 0 aliphatic carbocycles. The molecule has 0 aliphatic heterocycles. The van der Waals surface area contributed by atoms with E-state index in [9.17, 15) is 13.6 Å². The van der Waals surface area contributed by atoms with Gasteiger partial charge in [-0.3, -0.25) is 4.79 Å². The Kier molecular flexibility index (Phi) is 4.91. The molecule has 0 fully saturated rings. The Morgan fingerprint density at radius 2 is 2.00 bits per heavy atom. The number of rotatable bonds is 4. The van der Waals surface area contributed by atoms with Crippen LogP contribution in [0.25, 0.3) is 0 Å². The van der Waals surface area contributed by atoms with Crippen LogP contribution in [-0.2, 0) is 6.42 Å². The lowest BCUT2D eigenvalue weighted by Gasteiger charge is -2.14. The lowest BCUT2D eigenvalue weighted by atomic mass is 10.1. The summed E-state index contributed by atoms with van der Waals surface area (Å²) in [6.07, 6.45) is 0.545. The van der Waals surface area contributed by atoms with E-state index in [1.807, 2.05) is 12.1 Å². The molecule has 2 nitrogen and oxygen atoms in total. The molecule has 1 N–H and O–H groups in total. The molecule has 110 valence electrons. The van der Waals surface area contributed by atoms with Crippen LogP contribution in [0.15, 0.2) is 42.5 Å². The summed E-state index contributed by atoms with van der Waals surface area (Å²) in [5.41, 5.74) is 0.656. The molecule has 2 rings (SSSR count). The van der Waals surface area contributed by atoms with E-state index >= 15 is 0 Å². The van der Waals surface area contributed by atoms with Crippen molar-refractivity contribution in [1.82, 2.24) is 5.32 Å². The molecule has 0 spiro atoms. The van der Waals surface area contributed by atoms with Gasteiger partial charge in [0.05, 0.1) is 5.56 Å². The SMILES string of the molecule is C[C@H](Cc1cccc(Cl)c1)NC(=O)c1cc(F)ccc1F. The van der Waals surface area contributed by atoms with Crippen LogP contribution in [0, 0.1) is 11.6 Å². The Morgan fingerprint density at radius 3 is 2.71 bits per heavy atom. The smallest absolute Gasteiger partial charge is 0.254 e. The van der Waals surface area contributed by atoms with Gasteiger partial charge in [0.15, 0.2) is 0 Å². The molecular formula is C16H14ClF2NO. The third kappa shape index (κ3) is 4.26. The van der Waals surface area contributed by atoms with E-state index in [-0.39, 0.29) is 11.6 Å². The maximum atomic E-state index is 13.5. The molecule has 1 amide bonds. The predicted octanol–water partition coefficient (Wildman–Crippen LogP) is 3.98. The Labute approximate surface area is 126 Å². The average Bonchev–Trinajstić information content (AvgIpc) is 2.41. The zero-order chi connectivity index (χ0) is 15.4. The molecule has 2 aromatic carbocycles. The molecule has 0 saturated carbocycles. The maximum Gasteiger partial charge on any atom is 0.254 e. The second-order valence-electron chi connectivity index (χ2n) is 4.83. The Morgan fingerprint density at radius 1 is 1.24 bits per heavy atom. The van der Waals surface area contributed by atoms with Crippen LogP contribution in [0.5, 0.6) is 0 Å². The van der Waals surface area contributed by atoms with E-state index in [1.54, 1.807) is 19.1 Å². The average molecular weight is 310 g/mol. The van der Waals surface area contributed by atoms with Gasteiger partial charge in [0, 0.05) is 11.1 Å². The molecule has 0 aliphatic rings. The summed E-state index contributed by atoms with van der Waals surface area (Å²) in [6, 6.07) is 9.82. The zero-order valence-electron chi connectivity index (χ0n) is 11.4. The van der Waals surface area contributed by atoms with Gasteiger partial charge in [0.25, 0.3) is 5.91 Å². The van der Waals surface area contributed by atoms with E-state index in [4.69, 9.17) is 11.6 Å². The van der Waals surface area contributed by atoms with Gasteiger partial charge in [0.2, 0.25) is 0 Å². The van der Waals surface area contributed by atoms with Crippen LogP contribution in [0.4, 0.5) is 8.78 Å². The summed E-state index contributed by atoms with van der Waals surface area (Å²) in [7, 11) is 0. The molecule has 2 aromatic rings. The number of hydrogen-bond acceptors (Lipinski definition) is 1. The molecule has 0 radical (unpaired) electrons. The van der Waals surface area contributed by atoms with Crippen molar-refractivity contribution in [2.75, 3.05) is 0 Å². The fraction of sp³-hybridized carbons (Fsp3) is 0.188. The van der Waals surface area contributed by atoms with E-state index in [1.165, 1.54) is 0 Å². The summed E-state index contributed by atoms with van der Waals surface area (Å²) in [4.78, 5) is 11.9. The summed E-state index contributed by atoms with van der Waals surface area (Å²) >= 11 is 5.89. The maximum absolute atomic E-state index is 13.5. The highest BCUT2D eigenvalue weighted by Crippen LogP contribution is 2.13. The first-order valence-electron chi connectivity index (χ1n) is 6.46. The van der Waals surface area contributed by atoms with Crippen molar-refractivity contribution in [3.05, 3.63) is 70.2 Å². The van der Waals surface area contributed by atoms with Crippen LogP contribution in [-0.4, -0.2) is 11.9 Å².